The first-order chi connectivity index (χ1) is 19.4. The largest absolute Gasteiger partial charge is 0.493 e. The molecule has 1 amide bonds. The average Bonchev–Trinajstić information content (AvgIpc) is 3.52. The van der Waals surface area contributed by atoms with Crippen LogP contribution in [-0.4, -0.2) is 47.5 Å². The maximum atomic E-state index is 13.7. The predicted octanol–water partition coefficient (Wildman–Crippen LogP) is 5.32. The van der Waals surface area contributed by atoms with E-state index in [0.717, 1.165) is 24.8 Å². The van der Waals surface area contributed by atoms with Gasteiger partial charge in [-0.05, 0) is 86.8 Å². The number of hydrogen-bond acceptors (Lipinski definition) is 6. The number of nitrogens with zero attached hydrogens (tertiary/aromatic N) is 1. The zero-order valence-electron chi connectivity index (χ0n) is 22.7. The second-order valence-corrected chi connectivity index (χ2v) is 12.2. The van der Waals surface area contributed by atoms with Crippen molar-refractivity contribution in [3.63, 3.8) is 0 Å². The van der Waals surface area contributed by atoms with Gasteiger partial charge in [0.2, 0.25) is 0 Å². The van der Waals surface area contributed by atoms with Crippen molar-refractivity contribution in [3.05, 3.63) is 53.1 Å². The molecule has 2 saturated carbocycles. The number of phosphoric ester groups is 1. The number of alkyl halides is 3. The molecule has 3 aliphatic rings. The molecule has 2 aromatic rings. The van der Waals surface area contributed by atoms with E-state index in [1.54, 1.807) is 19.1 Å². The molecule has 1 heterocycles. The Balaban J connectivity index is 1.31. The number of halogens is 3. The van der Waals surface area contributed by atoms with Crippen molar-refractivity contribution in [2.75, 3.05) is 29.9 Å². The van der Waals surface area contributed by atoms with Gasteiger partial charge in [0.15, 0.2) is 0 Å². The third-order valence-corrected chi connectivity index (χ3v) is 8.59. The zero-order chi connectivity index (χ0) is 29.4. The minimum atomic E-state index is -4.57. The highest BCUT2D eigenvalue weighted by Crippen LogP contribution is 2.47. The number of ether oxygens (including phenoxy) is 1. The molecule has 41 heavy (non-hydrogen) atoms. The molecule has 3 fully saturated rings. The van der Waals surface area contributed by atoms with Crippen LogP contribution in [0, 0.1) is 11.8 Å². The summed E-state index contributed by atoms with van der Waals surface area (Å²) in [7, 11) is -4.57. The van der Waals surface area contributed by atoms with Crippen LogP contribution in [0.3, 0.4) is 0 Å². The van der Waals surface area contributed by atoms with Gasteiger partial charge in [-0.1, -0.05) is 6.07 Å². The third kappa shape index (κ3) is 7.54. The standard InChI is InChI=1S/C28H35F3N3O6P/c1-2-39-26-10-3-17(11-24(26)28(29,30)31)14-32-25-13-21(34-15-18-12-19(18)16-34)6-9-23(25)27(35)33-20-4-7-22(8-5-20)40-41(36,37)38/h3,6,9-11,13,18-20,22,32H,2,4-5,7-8,12,14-16H2,1H3,(H,33,35)(H2,36,37,38). The fraction of sp³-hybridized carbons (Fsp3) is 0.536. The number of fused-ring (bicyclic) bond motifs is 1. The lowest BCUT2D eigenvalue weighted by Crippen LogP contribution is -2.39. The Morgan fingerprint density at radius 2 is 1.78 bits per heavy atom. The number of hydrogen-bond donors (Lipinski definition) is 4. The Labute approximate surface area is 236 Å². The molecule has 0 bridgehead atoms. The molecule has 2 aliphatic carbocycles. The van der Waals surface area contributed by atoms with E-state index in [-0.39, 0.29) is 30.9 Å². The van der Waals surface area contributed by atoms with Gasteiger partial charge in [0, 0.05) is 37.1 Å². The Morgan fingerprint density at radius 1 is 1.07 bits per heavy atom. The lowest BCUT2D eigenvalue weighted by atomic mass is 9.93. The number of benzene rings is 2. The van der Waals surface area contributed by atoms with Crippen LogP contribution in [0.15, 0.2) is 36.4 Å². The molecule has 2 atom stereocenters. The molecule has 2 unspecified atom stereocenters. The fourth-order valence-corrected chi connectivity index (χ4v) is 6.44. The number of anilines is 2. The summed E-state index contributed by atoms with van der Waals surface area (Å²) < 4.78 is 62.1. The first-order valence-corrected chi connectivity index (χ1v) is 15.4. The Bertz CT molecular complexity index is 1300. The molecule has 0 radical (unpaired) electrons. The molecule has 13 heteroatoms. The van der Waals surface area contributed by atoms with E-state index in [4.69, 9.17) is 19.0 Å². The second-order valence-electron chi connectivity index (χ2n) is 11.0. The zero-order valence-corrected chi connectivity index (χ0v) is 23.6. The van der Waals surface area contributed by atoms with Gasteiger partial charge < -0.3 is 30.1 Å². The van der Waals surface area contributed by atoms with Gasteiger partial charge in [-0.25, -0.2) is 4.57 Å². The Morgan fingerprint density at radius 3 is 2.41 bits per heavy atom. The predicted molar refractivity (Wildman–Crippen MR) is 147 cm³/mol. The van der Waals surface area contributed by atoms with Crippen LogP contribution < -0.4 is 20.3 Å². The Hall–Kier alpha value is -2.79. The highest BCUT2D eigenvalue weighted by atomic mass is 31.2. The summed E-state index contributed by atoms with van der Waals surface area (Å²) in [5.74, 6) is 0.845. The first-order valence-electron chi connectivity index (χ1n) is 13.9. The molecule has 1 aliphatic heterocycles. The van der Waals surface area contributed by atoms with E-state index in [1.807, 2.05) is 12.1 Å². The van der Waals surface area contributed by atoms with Crippen LogP contribution in [0.1, 0.15) is 60.5 Å². The highest BCUT2D eigenvalue weighted by molar-refractivity contribution is 7.46. The van der Waals surface area contributed by atoms with Gasteiger partial charge in [-0.15, -0.1) is 0 Å². The minimum Gasteiger partial charge on any atom is -0.493 e. The molecule has 0 aromatic heterocycles. The molecular formula is C28H35F3N3O6P. The number of carbonyl (C=O) groups excluding carboxylic acids is 1. The van der Waals surface area contributed by atoms with Crippen LogP contribution in [0.5, 0.6) is 5.75 Å². The molecule has 224 valence electrons. The number of phosphoric acid groups is 1. The van der Waals surface area contributed by atoms with Crippen molar-refractivity contribution in [3.8, 4) is 5.75 Å². The lowest BCUT2D eigenvalue weighted by Gasteiger charge is -2.29. The molecule has 9 nitrogen and oxygen atoms in total. The topological polar surface area (TPSA) is 120 Å². The molecule has 0 spiro atoms. The highest BCUT2D eigenvalue weighted by Gasteiger charge is 2.45. The molecule has 1 saturated heterocycles. The van der Waals surface area contributed by atoms with Gasteiger partial charge in [0.25, 0.3) is 5.91 Å². The summed E-state index contributed by atoms with van der Waals surface area (Å²) >= 11 is 0. The van der Waals surface area contributed by atoms with Crippen molar-refractivity contribution in [1.82, 2.24) is 5.32 Å². The first kappa shape index (κ1) is 29.7. The number of carbonyl (C=O) groups is 1. The summed E-state index contributed by atoms with van der Waals surface area (Å²) in [6.45, 7) is 3.70. The smallest absolute Gasteiger partial charge is 0.469 e. The van der Waals surface area contributed by atoms with Crippen LogP contribution in [-0.2, 0) is 21.8 Å². The number of rotatable bonds is 10. The van der Waals surface area contributed by atoms with Crippen LogP contribution in [0.2, 0.25) is 0 Å². The lowest BCUT2D eigenvalue weighted by molar-refractivity contribution is -0.139. The number of piperidine rings is 1. The van der Waals surface area contributed by atoms with Gasteiger partial charge in [-0.2, -0.15) is 13.2 Å². The quantitative estimate of drug-likeness (QED) is 0.272. The SMILES string of the molecule is CCOc1ccc(CNc2cc(N3CC4CC4C3)ccc2C(=O)NC2CCC(OP(=O)(O)O)CC2)cc1C(F)(F)F. The maximum absolute atomic E-state index is 13.7. The maximum Gasteiger partial charge on any atom is 0.469 e. The van der Waals surface area contributed by atoms with E-state index in [2.05, 4.69) is 15.5 Å². The molecule has 5 rings (SSSR count). The molecule has 2 aromatic carbocycles. The summed E-state index contributed by atoms with van der Waals surface area (Å²) in [6.07, 6.45) is -2.10. The van der Waals surface area contributed by atoms with E-state index in [1.165, 1.54) is 12.5 Å². The second kappa shape index (κ2) is 11.8. The molecule has 4 N–H and O–H groups in total. The van der Waals surface area contributed by atoms with E-state index < -0.39 is 25.7 Å². The molecular weight excluding hydrogens is 562 g/mol. The number of amides is 1. The van der Waals surface area contributed by atoms with Crippen molar-refractivity contribution in [2.24, 2.45) is 11.8 Å². The van der Waals surface area contributed by atoms with Gasteiger partial charge in [0.1, 0.15) is 5.75 Å². The van der Waals surface area contributed by atoms with Crippen molar-refractivity contribution >= 4 is 25.1 Å². The summed E-state index contributed by atoms with van der Waals surface area (Å²) in [5.41, 5.74) is 1.38. The minimum absolute atomic E-state index is 0.0648. The van der Waals surface area contributed by atoms with Crippen molar-refractivity contribution < 1.29 is 41.6 Å². The summed E-state index contributed by atoms with van der Waals surface area (Å²) in [4.78, 5) is 33.7. The number of nitrogens with one attached hydrogen (secondary N) is 2. The monoisotopic (exact) mass is 597 g/mol. The normalized spacial score (nSPS) is 24.1. The van der Waals surface area contributed by atoms with Gasteiger partial charge >= 0.3 is 14.0 Å². The summed E-state index contributed by atoms with van der Waals surface area (Å²) in [5, 5.41) is 6.20. The van der Waals surface area contributed by atoms with E-state index >= 15 is 0 Å². The van der Waals surface area contributed by atoms with Crippen LogP contribution >= 0.6 is 7.82 Å². The average molecular weight is 598 g/mol. The van der Waals surface area contributed by atoms with Crippen LogP contribution in [0.25, 0.3) is 0 Å². The fourth-order valence-electron chi connectivity index (χ4n) is 5.84. The van der Waals surface area contributed by atoms with Crippen molar-refractivity contribution in [2.45, 2.75) is 63.9 Å². The Kier molecular flexibility index (Phi) is 8.57. The van der Waals surface area contributed by atoms with E-state index in [0.29, 0.717) is 54.3 Å². The van der Waals surface area contributed by atoms with Crippen molar-refractivity contribution in [1.29, 1.82) is 0 Å². The van der Waals surface area contributed by atoms with Crippen LogP contribution in [0.4, 0.5) is 24.5 Å². The third-order valence-electron chi connectivity index (χ3n) is 8.02. The summed E-state index contributed by atoms with van der Waals surface area (Å²) in [6, 6.07) is 9.27. The van der Waals surface area contributed by atoms with E-state index in [9.17, 15) is 22.5 Å². The van der Waals surface area contributed by atoms with Gasteiger partial charge in [-0.3, -0.25) is 9.32 Å². The van der Waals surface area contributed by atoms with Gasteiger partial charge in [0.05, 0.1) is 23.8 Å².